The number of ketones is 1. The highest BCUT2D eigenvalue weighted by molar-refractivity contribution is 6.28. The molecule has 4 aromatic rings. The first-order valence-corrected chi connectivity index (χ1v) is 10.8. The highest BCUT2D eigenvalue weighted by Gasteiger charge is 2.30. The molecule has 35 heavy (non-hydrogen) atoms. The number of pyridine rings is 2. The second-order valence-electron chi connectivity index (χ2n) is 7.48. The number of Topliss-reactive ketones (excluding diaryl/α,β-unsaturated/α-hetero) is 1. The Labute approximate surface area is 198 Å². The maximum absolute atomic E-state index is 13.6. The van der Waals surface area contributed by atoms with E-state index in [1.165, 1.54) is 29.8 Å². The molecule has 0 aliphatic carbocycles. The van der Waals surface area contributed by atoms with E-state index in [1.807, 2.05) is 0 Å². The largest absolute Gasteiger partial charge is 0.506 e. The Balaban J connectivity index is 2.01. The first kappa shape index (κ1) is 23.4. The van der Waals surface area contributed by atoms with Crippen molar-refractivity contribution in [1.29, 1.82) is 0 Å². The molecule has 0 aliphatic heterocycles. The number of aromatic hydroxyl groups is 2. The number of fused-ring (bicyclic) bond motifs is 2. The van der Waals surface area contributed by atoms with Gasteiger partial charge in [-0.2, -0.15) is 4.98 Å². The van der Waals surface area contributed by atoms with E-state index in [-0.39, 0.29) is 24.2 Å². The predicted molar refractivity (Wildman–Crippen MR) is 128 cm³/mol. The molecule has 2 N–H and O–H groups in total. The number of para-hydroxylation sites is 1. The molecule has 0 aliphatic rings. The van der Waals surface area contributed by atoms with Crippen molar-refractivity contribution in [2.75, 3.05) is 6.61 Å². The van der Waals surface area contributed by atoms with E-state index in [2.05, 4.69) is 4.98 Å². The van der Waals surface area contributed by atoms with E-state index in [1.54, 1.807) is 37.3 Å². The fraction of sp³-hybridized carbons (Fsp3) is 0.160. The molecule has 0 unspecified atom stereocenters. The van der Waals surface area contributed by atoms with Gasteiger partial charge in [-0.25, -0.2) is 4.79 Å². The van der Waals surface area contributed by atoms with Gasteiger partial charge in [0.2, 0.25) is 11.7 Å². The molecule has 0 fully saturated rings. The second kappa shape index (κ2) is 9.26. The van der Waals surface area contributed by atoms with Crippen LogP contribution in [-0.4, -0.2) is 42.5 Å². The van der Waals surface area contributed by atoms with Crippen LogP contribution >= 0.6 is 0 Å². The summed E-state index contributed by atoms with van der Waals surface area (Å²) >= 11 is 0. The Morgan fingerprint density at radius 2 is 1.74 bits per heavy atom. The Hall–Kier alpha value is -4.73. The summed E-state index contributed by atoms with van der Waals surface area (Å²) in [7, 11) is 0. The molecule has 0 saturated heterocycles. The molecule has 0 atom stereocenters. The monoisotopic (exact) mass is 475 g/mol. The Morgan fingerprint density at radius 3 is 2.46 bits per heavy atom. The van der Waals surface area contributed by atoms with Gasteiger partial charge in [0.05, 0.1) is 12.1 Å². The summed E-state index contributed by atoms with van der Waals surface area (Å²) in [6.45, 7) is 3.30. The van der Waals surface area contributed by atoms with Crippen LogP contribution in [-0.2, 0) is 16.1 Å². The van der Waals surface area contributed by atoms with Gasteiger partial charge in [0, 0.05) is 18.1 Å². The Kier molecular flexibility index (Phi) is 6.20. The van der Waals surface area contributed by atoms with Crippen LogP contribution in [0, 0.1) is 0 Å². The quantitative estimate of drug-likeness (QED) is 0.142. The molecule has 0 amide bonds. The van der Waals surface area contributed by atoms with Gasteiger partial charge in [0.1, 0.15) is 28.1 Å². The smallest absolute Gasteiger partial charge is 0.342 e. The van der Waals surface area contributed by atoms with Crippen LogP contribution in [0.4, 0.5) is 0 Å². The number of nitrogens with zero attached hydrogens (tertiary/aromatic N) is 3. The molecule has 3 aromatic heterocycles. The van der Waals surface area contributed by atoms with Crippen molar-refractivity contribution in [3.8, 4) is 11.6 Å². The molecule has 3 heterocycles. The van der Waals surface area contributed by atoms with E-state index >= 15 is 0 Å². The summed E-state index contributed by atoms with van der Waals surface area (Å²) < 4.78 is 7.39. The maximum Gasteiger partial charge on any atom is 0.342 e. The molecule has 178 valence electrons. The number of ether oxygens (including phenoxy) is 1. The van der Waals surface area contributed by atoms with Crippen LogP contribution < -0.4 is 11.1 Å². The molecule has 0 bridgehead atoms. The van der Waals surface area contributed by atoms with Crippen molar-refractivity contribution in [3.05, 3.63) is 86.1 Å². The number of aryl methyl sites for hydroxylation is 1. The molecule has 0 spiro atoms. The number of rotatable bonds is 6. The third-order valence-electron chi connectivity index (χ3n) is 5.47. The van der Waals surface area contributed by atoms with Crippen molar-refractivity contribution >= 4 is 34.4 Å². The maximum atomic E-state index is 13.6. The van der Waals surface area contributed by atoms with Gasteiger partial charge < -0.3 is 19.5 Å². The van der Waals surface area contributed by atoms with Crippen LogP contribution in [0.15, 0.2) is 63.8 Å². The molecule has 10 heteroatoms. The van der Waals surface area contributed by atoms with Gasteiger partial charge in [0.25, 0.3) is 11.1 Å². The van der Waals surface area contributed by atoms with Crippen molar-refractivity contribution in [2.45, 2.75) is 20.4 Å². The van der Waals surface area contributed by atoms with E-state index in [0.717, 1.165) is 10.5 Å². The van der Waals surface area contributed by atoms with Crippen molar-refractivity contribution < 1.29 is 24.5 Å². The number of hydrogen-bond donors (Lipinski definition) is 2. The van der Waals surface area contributed by atoms with Crippen LogP contribution in [0.5, 0.6) is 11.6 Å². The summed E-state index contributed by atoms with van der Waals surface area (Å²) in [6, 6.07) is 11.1. The van der Waals surface area contributed by atoms with Gasteiger partial charge in [-0.15, -0.1) is 0 Å². The van der Waals surface area contributed by atoms with Gasteiger partial charge in [-0.05, 0) is 44.2 Å². The standard InChI is InChI=1S/C25H21N3O7/c1-3-27-17-10-6-5-9-14(17)20(29)19(24(27)33)21(30)15(25(34)35-4-2)13-16-22(31)26-18-11-7-8-12-28(18)23(16)32/h5-13,29,31H,3-4H2,1-2H3. The van der Waals surface area contributed by atoms with Crippen LogP contribution in [0.25, 0.3) is 22.6 Å². The zero-order chi connectivity index (χ0) is 25.3. The van der Waals surface area contributed by atoms with Crippen molar-refractivity contribution in [3.63, 3.8) is 0 Å². The molecular weight excluding hydrogens is 454 g/mol. The molecule has 10 nitrogen and oxygen atoms in total. The van der Waals surface area contributed by atoms with Gasteiger partial charge >= 0.3 is 5.97 Å². The Morgan fingerprint density at radius 1 is 1.03 bits per heavy atom. The predicted octanol–water partition coefficient (Wildman–Crippen LogP) is 2.27. The molecule has 0 saturated carbocycles. The summed E-state index contributed by atoms with van der Waals surface area (Å²) in [5.74, 6) is -3.61. The number of hydrogen-bond acceptors (Lipinski definition) is 8. The topological polar surface area (TPSA) is 140 Å². The fourth-order valence-corrected chi connectivity index (χ4v) is 3.83. The first-order chi connectivity index (χ1) is 16.8. The lowest BCUT2D eigenvalue weighted by Crippen LogP contribution is -2.29. The normalized spacial score (nSPS) is 11.7. The number of aromatic nitrogens is 3. The fourth-order valence-electron chi connectivity index (χ4n) is 3.83. The summed E-state index contributed by atoms with van der Waals surface area (Å²) in [6.07, 6.45) is 2.23. The number of esters is 1. The minimum absolute atomic E-state index is 0.104. The lowest BCUT2D eigenvalue weighted by atomic mass is 9.99. The summed E-state index contributed by atoms with van der Waals surface area (Å²) in [5.41, 5.74) is -2.85. The zero-order valence-electron chi connectivity index (χ0n) is 18.9. The van der Waals surface area contributed by atoms with E-state index in [4.69, 9.17) is 4.74 Å². The van der Waals surface area contributed by atoms with E-state index < -0.39 is 51.2 Å². The molecule has 0 radical (unpaired) electrons. The summed E-state index contributed by atoms with van der Waals surface area (Å²) in [5, 5.41) is 21.5. The average molecular weight is 475 g/mol. The van der Waals surface area contributed by atoms with E-state index in [9.17, 15) is 29.4 Å². The minimum Gasteiger partial charge on any atom is -0.506 e. The molecule has 1 aromatic carbocycles. The van der Waals surface area contributed by atoms with Crippen LogP contribution in [0.3, 0.4) is 0 Å². The van der Waals surface area contributed by atoms with Crippen LogP contribution in [0.2, 0.25) is 0 Å². The van der Waals surface area contributed by atoms with Gasteiger partial charge in [0.15, 0.2) is 0 Å². The summed E-state index contributed by atoms with van der Waals surface area (Å²) in [4.78, 5) is 56.4. The third kappa shape index (κ3) is 3.95. The van der Waals surface area contributed by atoms with Crippen molar-refractivity contribution in [2.24, 2.45) is 0 Å². The highest BCUT2D eigenvalue weighted by Crippen LogP contribution is 2.29. The first-order valence-electron chi connectivity index (χ1n) is 10.8. The lowest BCUT2D eigenvalue weighted by Gasteiger charge is -2.14. The highest BCUT2D eigenvalue weighted by atomic mass is 16.5. The SMILES string of the molecule is CCOC(=O)C(=Cc1c(O)nc2ccccn2c1=O)C(=O)c1c(O)c2ccccc2n(CC)c1=O. The van der Waals surface area contributed by atoms with E-state index in [0.29, 0.717) is 5.52 Å². The number of carbonyl (C=O) groups excluding carboxylic acids is 2. The third-order valence-corrected chi connectivity index (χ3v) is 5.47. The van der Waals surface area contributed by atoms with Crippen LogP contribution in [0.1, 0.15) is 29.8 Å². The minimum atomic E-state index is -1.16. The number of carbonyl (C=O) groups is 2. The lowest BCUT2D eigenvalue weighted by molar-refractivity contribution is -0.137. The zero-order valence-corrected chi connectivity index (χ0v) is 18.9. The van der Waals surface area contributed by atoms with Crippen molar-refractivity contribution in [1.82, 2.24) is 14.0 Å². The number of benzene rings is 1. The molecule has 4 rings (SSSR count). The molecular formula is C25H21N3O7. The van der Waals surface area contributed by atoms with Gasteiger partial charge in [-0.3, -0.25) is 18.8 Å². The van der Waals surface area contributed by atoms with Gasteiger partial charge in [-0.1, -0.05) is 18.2 Å². The Bertz CT molecular complexity index is 1650. The average Bonchev–Trinajstić information content (AvgIpc) is 2.84. The second-order valence-corrected chi connectivity index (χ2v) is 7.48.